The minimum atomic E-state index is -4.77. The van der Waals surface area contributed by atoms with Gasteiger partial charge < -0.3 is 15.2 Å². The Hall–Kier alpha value is -1.50. The molecule has 1 aromatic heterocycles. The zero-order valence-corrected chi connectivity index (χ0v) is 8.76. The van der Waals surface area contributed by atoms with Crippen molar-refractivity contribution in [3.05, 3.63) is 17.2 Å². The van der Waals surface area contributed by atoms with Crippen LogP contribution >= 0.6 is 0 Å². The van der Waals surface area contributed by atoms with Crippen molar-refractivity contribution in [3.63, 3.8) is 0 Å². The van der Waals surface area contributed by atoms with E-state index in [1.165, 1.54) is 7.11 Å². The van der Waals surface area contributed by atoms with Crippen molar-refractivity contribution in [1.82, 2.24) is 4.98 Å². The molecule has 0 aromatic carbocycles. The van der Waals surface area contributed by atoms with E-state index in [0.29, 0.717) is 11.1 Å². The molecule has 7 heteroatoms. The summed E-state index contributed by atoms with van der Waals surface area (Å²) in [7, 11) is 1.30. The van der Waals surface area contributed by atoms with Gasteiger partial charge in [0.2, 0.25) is 11.8 Å². The number of halogens is 3. The third kappa shape index (κ3) is 2.99. The van der Waals surface area contributed by atoms with Gasteiger partial charge in [0, 0.05) is 18.2 Å². The Kier molecular flexibility index (Phi) is 3.58. The van der Waals surface area contributed by atoms with Crippen LogP contribution in [0.1, 0.15) is 11.1 Å². The summed E-state index contributed by atoms with van der Waals surface area (Å²) in [6.07, 6.45) is -4.77. The van der Waals surface area contributed by atoms with Gasteiger partial charge in [-0.3, -0.25) is 0 Å². The molecule has 0 aliphatic carbocycles. The van der Waals surface area contributed by atoms with E-state index in [2.05, 4.69) is 9.72 Å². The molecule has 1 rings (SSSR count). The predicted octanol–water partition coefficient (Wildman–Crippen LogP) is 1.76. The van der Waals surface area contributed by atoms with Crippen LogP contribution in [-0.2, 0) is 6.54 Å². The highest BCUT2D eigenvalue weighted by Gasteiger charge is 2.32. The molecule has 0 saturated heterocycles. The zero-order chi connectivity index (χ0) is 12.3. The van der Waals surface area contributed by atoms with Crippen molar-refractivity contribution < 1.29 is 22.6 Å². The molecule has 90 valence electrons. The number of nitrogens with zero attached hydrogens (tertiary/aromatic N) is 1. The minimum absolute atomic E-state index is 0.0433. The number of hydrogen-bond acceptors (Lipinski definition) is 4. The standard InChI is InChI=1S/C9H11F3N2O2/c1-5-3-7(16-9(10,11)12)14-8(15-2)6(5)4-13/h3H,4,13H2,1-2H3. The number of rotatable bonds is 3. The van der Waals surface area contributed by atoms with Gasteiger partial charge in [-0.2, -0.15) is 4.98 Å². The van der Waals surface area contributed by atoms with Gasteiger partial charge in [-0.25, -0.2) is 0 Å². The Morgan fingerprint density at radius 1 is 1.44 bits per heavy atom. The second kappa shape index (κ2) is 4.56. The molecule has 4 nitrogen and oxygen atoms in total. The van der Waals surface area contributed by atoms with Crippen molar-refractivity contribution in [1.29, 1.82) is 0 Å². The highest BCUT2D eigenvalue weighted by atomic mass is 19.4. The average Bonchev–Trinajstić information content (AvgIpc) is 2.14. The molecule has 0 radical (unpaired) electrons. The molecule has 0 aliphatic heterocycles. The second-order valence-corrected chi connectivity index (χ2v) is 3.02. The van der Waals surface area contributed by atoms with Crippen molar-refractivity contribution in [2.45, 2.75) is 19.8 Å². The van der Waals surface area contributed by atoms with Crippen LogP contribution in [0.2, 0.25) is 0 Å². The highest BCUT2D eigenvalue weighted by Crippen LogP contribution is 2.27. The molecule has 0 spiro atoms. The molecule has 0 bridgehead atoms. The maximum absolute atomic E-state index is 12.0. The van der Waals surface area contributed by atoms with E-state index in [1.54, 1.807) is 6.92 Å². The fraction of sp³-hybridized carbons (Fsp3) is 0.444. The number of pyridine rings is 1. The van der Waals surface area contributed by atoms with Crippen LogP contribution in [0, 0.1) is 6.92 Å². The van der Waals surface area contributed by atoms with Gasteiger partial charge in [-0.1, -0.05) is 0 Å². The van der Waals surface area contributed by atoms with Crippen molar-refractivity contribution in [2.24, 2.45) is 5.73 Å². The zero-order valence-electron chi connectivity index (χ0n) is 8.76. The molecule has 0 fully saturated rings. The van der Waals surface area contributed by atoms with Crippen LogP contribution in [0.4, 0.5) is 13.2 Å². The Morgan fingerprint density at radius 2 is 2.06 bits per heavy atom. The molecule has 1 heterocycles. The minimum Gasteiger partial charge on any atom is -0.481 e. The van der Waals surface area contributed by atoms with Gasteiger partial charge in [0.05, 0.1) is 7.11 Å². The van der Waals surface area contributed by atoms with Gasteiger partial charge in [0.25, 0.3) is 0 Å². The molecule has 0 saturated carbocycles. The summed E-state index contributed by atoms with van der Waals surface area (Å²) in [5, 5.41) is 0. The Bertz CT molecular complexity index is 380. The van der Waals surface area contributed by atoms with E-state index in [0.717, 1.165) is 6.07 Å². The largest absolute Gasteiger partial charge is 0.574 e. The summed E-state index contributed by atoms with van der Waals surface area (Å²) in [4.78, 5) is 3.56. The first kappa shape index (κ1) is 12.6. The number of hydrogen-bond donors (Lipinski definition) is 1. The summed E-state index contributed by atoms with van der Waals surface area (Å²) in [6.45, 7) is 1.74. The summed E-state index contributed by atoms with van der Waals surface area (Å²) in [5.74, 6) is -0.513. The highest BCUT2D eigenvalue weighted by molar-refractivity contribution is 5.38. The fourth-order valence-corrected chi connectivity index (χ4v) is 1.23. The molecule has 0 amide bonds. The molecule has 2 N–H and O–H groups in total. The van der Waals surface area contributed by atoms with Gasteiger partial charge in [0.15, 0.2) is 0 Å². The molecule has 0 aliphatic rings. The van der Waals surface area contributed by atoms with Crippen molar-refractivity contribution in [2.75, 3.05) is 7.11 Å². The summed E-state index contributed by atoms with van der Waals surface area (Å²) in [5.41, 5.74) is 6.51. The van der Waals surface area contributed by atoms with E-state index in [4.69, 9.17) is 10.5 Å². The molecule has 0 atom stereocenters. The van der Waals surface area contributed by atoms with E-state index in [-0.39, 0.29) is 12.4 Å². The van der Waals surface area contributed by atoms with Crippen LogP contribution in [-0.4, -0.2) is 18.5 Å². The number of methoxy groups -OCH3 is 1. The van der Waals surface area contributed by atoms with Gasteiger partial charge in [-0.05, 0) is 12.5 Å². The topological polar surface area (TPSA) is 57.4 Å². The molecule has 16 heavy (non-hydrogen) atoms. The van der Waals surface area contributed by atoms with Crippen LogP contribution < -0.4 is 15.2 Å². The van der Waals surface area contributed by atoms with Gasteiger partial charge in [0.1, 0.15) is 0 Å². The average molecular weight is 236 g/mol. The van der Waals surface area contributed by atoms with Crippen LogP contribution in [0.5, 0.6) is 11.8 Å². The van der Waals surface area contributed by atoms with Gasteiger partial charge in [-0.15, -0.1) is 13.2 Å². The number of alkyl halides is 3. The summed E-state index contributed by atoms with van der Waals surface area (Å²) >= 11 is 0. The fourth-order valence-electron chi connectivity index (χ4n) is 1.23. The SMILES string of the molecule is COc1nc(OC(F)(F)F)cc(C)c1CN. The third-order valence-corrected chi connectivity index (χ3v) is 1.90. The lowest BCUT2D eigenvalue weighted by Gasteiger charge is -2.13. The Labute approximate surface area is 90.2 Å². The number of ether oxygens (including phenoxy) is 2. The number of aryl methyl sites for hydroxylation is 1. The smallest absolute Gasteiger partial charge is 0.481 e. The van der Waals surface area contributed by atoms with E-state index in [9.17, 15) is 13.2 Å². The summed E-state index contributed by atoms with van der Waals surface area (Å²) < 4.78 is 44.4. The van der Waals surface area contributed by atoms with Crippen LogP contribution in [0.25, 0.3) is 0 Å². The second-order valence-electron chi connectivity index (χ2n) is 3.02. The Morgan fingerprint density at radius 3 is 2.50 bits per heavy atom. The lowest BCUT2D eigenvalue weighted by atomic mass is 10.1. The number of nitrogens with two attached hydrogens (primary N) is 1. The first-order valence-corrected chi connectivity index (χ1v) is 4.37. The maximum atomic E-state index is 12.0. The molecular weight excluding hydrogens is 225 g/mol. The van der Waals surface area contributed by atoms with Gasteiger partial charge >= 0.3 is 6.36 Å². The van der Waals surface area contributed by atoms with Crippen LogP contribution in [0.3, 0.4) is 0 Å². The van der Waals surface area contributed by atoms with E-state index < -0.39 is 12.2 Å². The Balaban J connectivity index is 3.10. The normalized spacial score (nSPS) is 11.4. The van der Waals surface area contributed by atoms with Crippen molar-refractivity contribution in [3.8, 4) is 11.8 Å². The first-order chi connectivity index (χ1) is 7.37. The molecule has 0 unspecified atom stereocenters. The lowest BCUT2D eigenvalue weighted by Crippen LogP contribution is -2.18. The first-order valence-electron chi connectivity index (χ1n) is 4.37. The third-order valence-electron chi connectivity index (χ3n) is 1.90. The monoisotopic (exact) mass is 236 g/mol. The maximum Gasteiger partial charge on any atom is 0.574 e. The van der Waals surface area contributed by atoms with E-state index in [1.807, 2.05) is 0 Å². The van der Waals surface area contributed by atoms with Crippen molar-refractivity contribution >= 4 is 0 Å². The molecular formula is C9H11F3N2O2. The summed E-state index contributed by atoms with van der Waals surface area (Å²) in [6, 6.07) is 1.16. The lowest BCUT2D eigenvalue weighted by molar-refractivity contribution is -0.276. The molecule has 1 aromatic rings. The quantitative estimate of drug-likeness (QED) is 0.868. The van der Waals surface area contributed by atoms with E-state index >= 15 is 0 Å². The number of aromatic nitrogens is 1. The predicted molar refractivity (Wildman–Crippen MR) is 50.1 cm³/mol. The van der Waals surface area contributed by atoms with Crippen LogP contribution in [0.15, 0.2) is 6.07 Å².